The van der Waals surface area contributed by atoms with Crippen molar-refractivity contribution in [2.24, 2.45) is 11.1 Å². The Morgan fingerprint density at radius 1 is 1.00 bits per heavy atom. The fraction of sp³-hybridized carbons (Fsp3) is 0.429. The molecule has 8 nitrogen and oxygen atoms in total. The van der Waals surface area contributed by atoms with Gasteiger partial charge >= 0.3 is 0 Å². The van der Waals surface area contributed by atoms with Crippen molar-refractivity contribution in [3.05, 3.63) is 39.8 Å². The molecule has 2 aromatic carbocycles. The van der Waals surface area contributed by atoms with Gasteiger partial charge in [-0.25, -0.2) is 0 Å². The van der Waals surface area contributed by atoms with Crippen molar-refractivity contribution in [3.8, 4) is 28.7 Å². The molecule has 0 aliphatic heterocycles. The third kappa shape index (κ3) is 3.55. The Morgan fingerprint density at radius 3 is 2.10 bits per heavy atom. The maximum Gasteiger partial charge on any atom is 0.200 e. The molecule has 1 aliphatic rings. The first-order chi connectivity index (χ1) is 14.0. The number of ether oxygens (including phenoxy) is 4. The first-order valence-corrected chi connectivity index (χ1v) is 9.19. The van der Waals surface area contributed by atoms with Crippen LogP contribution in [0.25, 0.3) is 0 Å². The second-order valence-electron chi connectivity index (χ2n) is 6.94. The highest BCUT2D eigenvalue weighted by Crippen LogP contribution is 2.52. The smallest absolute Gasteiger partial charge is 0.200 e. The first-order valence-electron chi connectivity index (χ1n) is 9.19. The van der Waals surface area contributed by atoms with Crippen molar-refractivity contribution in [1.82, 2.24) is 0 Å². The molecule has 0 bridgehead atoms. The van der Waals surface area contributed by atoms with Gasteiger partial charge in [0, 0.05) is 18.1 Å². The number of nitrogens with zero attached hydrogens (tertiary/aromatic N) is 1. The van der Waals surface area contributed by atoms with E-state index in [1.165, 1.54) is 28.4 Å². The highest BCUT2D eigenvalue weighted by atomic mass is 16.5. The van der Waals surface area contributed by atoms with Gasteiger partial charge in [-0.2, -0.15) is 0 Å². The molecule has 0 saturated carbocycles. The Kier molecular flexibility index (Phi) is 6.12. The van der Waals surface area contributed by atoms with Crippen LogP contribution < -0.4 is 18.9 Å². The summed E-state index contributed by atoms with van der Waals surface area (Å²) in [5, 5.41) is 23.3. The van der Waals surface area contributed by atoms with Gasteiger partial charge in [-0.1, -0.05) is 0 Å². The minimum Gasteiger partial charge on any atom is -0.502 e. The summed E-state index contributed by atoms with van der Waals surface area (Å²) in [6, 6.07) is 5.23. The molecule has 3 rings (SSSR count). The zero-order valence-electron chi connectivity index (χ0n) is 16.9. The van der Waals surface area contributed by atoms with Crippen molar-refractivity contribution in [2.75, 3.05) is 35.0 Å². The summed E-state index contributed by atoms with van der Waals surface area (Å²) in [7, 11) is 5.87. The van der Waals surface area contributed by atoms with Crippen LogP contribution in [-0.2, 0) is 6.42 Å². The van der Waals surface area contributed by atoms with Gasteiger partial charge in [-0.3, -0.25) is 0 Å². The van der Waals surface area contributed by atoms with Crippen LogP contribution >= 0.6 is 0 Å². The fourth-order valence-corrected chi connectivity index (χ4v) is 4.09. The van der Waals surface area contributed by atoms with Crippen molar-refractivity contribution in [1.29, 1.82) is 0 Å². The van der Waals surface area contributed by atoms with Gasteiger partial charge in [-0.15, -0.1) is 4.91 Å². The molecular weight excluding hydrogens is 378 g/mol. The Balaban J connectivity index is 2.28. The predicted molar refractivity (Wildman–Crippen MR) is 107 cm³/mol. The van der Waals surface area contributed by atoms with Gasteiger partial charge < -0.3 is 29.2 Å². The van der Waals surface area contributed by atoms with Gasteiger partial charge in [0.1, 0.15) is 0 Å². The minimum atomic E-state index is -0.236. The summed E-state index contributed by atoms with van der Waals surface area (Å²) in [6.07, 6.45) is 1.22. The van der Waals surface area contributed by atoms with E-state index in [-0.39, 0.29) is 41.4 Å². The average Bonchev–Trinajstić information content (AvgIpc) is 2.76. The lowest BCUT2D eigenvalue weighted by Gasteiger charge is -2.33. The summed E-state index contributed by atoms with van der Waals surface area (Å²) in [5.41, 5.74) is 2.62. The molecule has 0 spiro atoms. The lowest BCUT2D eigenvalue weighted by Crippen LogP contribution is -2.23. The summed E-state index contributed by atoms with van der Waals surface area (Å²) in [5.74, 6) is 0.894. The second-order valence-corrected chi connectivity index (χ2v) is 6.94. The van der Waals surface area contributed by atoms with Crippen molar-refractivity contribution in [2.45, 2.75) is 18.8 Å². The average molecular weight is 403 g/mol. The summed E-state index contributed by atoms with van der Waals surface area (Å²) < 4.78 is 21.5. The first kappa shape index (κ1) is 20.7. The van der Waals surface area contributed by atoms with Gasteiger partial charge in [-0.05, 0) is 53.3 Å². The van der Waals surface area contributed by atoms with Crippen molar-refractivity contribution >= 4 is 5.69 Å². The molecule has 0 amide bonds. The number of rotatable bonds is 7. The van der Waals surface area contributed by atoms with Gasteiger partial charge in [0.25, 0.3) is 0 Å². The van der Waals surface area contributed by atoms with Crippen LogP contribution in [0.1, 0.15) is 29.0 Å². The number of fused-ring (bicyclic) bond motifs is 1. The number of aliphatic hydroxyl groups excluding tert-OH is 1. The molecule has 0 saturated heterocycles. The molecule has 0 aromatic heterocycles. The SMILES string of the molecule is COc1cc(C2C[C@H](CO)Cc3cc(OC)c(N=O)c(OC)c32)cc(OC)c1O. The highest BCUT2D eigenvalue weighted by Gasteiger charge is 2.34. The van der Waals surface area contributed by atoms with Gasteiger partial charge in [0.05, 0.1) is 28.4 Å². The Labute approximate surface area is 169 Å². The quantitative estimate of drug-likeness (QED) is 0.681. The van der Waals surface area contributed by atoms with E-state index in [0.717, 1.165) is 16.7 Å². The zero-order chi connectivity index (χ0) is 21.1. The van der Waals surface area contributed by atoms with Crippen LogP contribution in [0.15, 0.2) is 23.4 Å². The molecule has 0 heterocycles. The number of benzene rings is 2. The molecule has 156 valence electrons. The van der Waals surface area contributed by atoms with E-state index in [0.29, 0.717) is 24.3 Å². The molecule has 8 heteroatoms. The molecule has 0 radical (unpaired) electrons. The van der Waals surface area contributed by atoms with E-state index in [1.54, 1.807) is 18.2 Å². The third-order valence-corrected chi connectivity index (χ3v) is 5.45. The Morgan fingerprint density at radius 2 is 1.62 bits per heavy atom. The Bertz CT molecular complexity index is 887. The Hall–Kier alpha value is -3.00. The molecule has 2 N–H and O–H groups in total. The number of aliphatic hydroxyl groups is 1. The largest absolute Gasteiger partial charge is 0.502 e. The van der Waals surface area contributed by atoms with Crippen LogP contribution in [0.2, 0.25) is 0 Å². The van der Waals surface area contributed by atoms with Crippen molar-refractivity contribution < 1.29 is 29.2 Å². The molecule has 2 atom stereocenters. The standard InChI is InChI=1S/C21H25NO7/c1-26-15-9-13-5-11(10-23)6-14(18(13)21(29-4)19(15)22-25)12-7-16(27-2)20(24)17(8-12)28-3/h7-9,11,14,23-24H,5-6,10H2,1-4H3/t11-,14?/m1/s1. The number of methoxy groups -OCH3 is 4. The van der Waals surface area contributed by atoms with E-state index in [2.05, 4.69) is 5.18 Å². The maximum atomic E-state index is 11.5. The number of hydrogen-bond acceptors (Lipinski definition) is 8. The summed E-state index contributed by atoms with van der Waals surface area (Å²) >= 11 is 0. The highest BCUT2D eigenvalue weighted by molar-refractivity contribution is 5.70. The molecule has 29 heavy (non-hydrogen) atoms. The summed E-state index contributed by atoms with van der Waals surface area (Å²) in [4.78, 5) is 11.5. The normalized spacial score (nSPS) is 18.0. The molecule has 0 fully saturated rings. The lowest BCUT2D eigenvalue weighted by molar-refractivity contribution is 0.206. The maximum absolute atomic E-state index is 11.5. The van der Waals surface area contributed by atoms with E-state index in [9.17, 15) is 15.1 Å². The molecule has 2 aromatic rings. The van der Waals surface area contributed by atoms with Gasteiger partial charge in [0.2, 0.25) is 5.75 Å². The van der Waals surface area contributed by atoms with E-state index >= 15 is 0 Å². The third-order valence-electron chi connectivity index (χ3n) is 5.45. The van der Waals surface area contributed by atoms with Crippen LogP contribution in [0.5, 0.6) is 28.7 Å². The molecular formula is C21H25NO7. The predicted octanol–water partition coefficient (Wildman–Crippen LogP) is 3.51. The van der Waals surface area contributed by atoms with Gasteiger partial charge in [0.15, 0.2) is 28.7 Å². The molecule has 1 unspecified atom stereocenters. The van der Waals surface area contributed by atoms with Crippen LogP contribution in [-0.4, -0.2) is 45.3 Å². The number of aromatic hydroxyl groups is 1. The molecule has 1 aliphatic carbocycles. The summed E-state index contributed by atoms with van der Waals surface area (Å²) in [6.45, 7) is 0.0145. The second kappa shape index (κ2) is 8.57. The van der Waals surface area contributed by atoms with Crippen molar-refractivity contribution in [3.63, 3.8) is 0 Å². The number of nitroso groups, excluding NO2 is 1. The van der Waals surface area contributed by atoms with E-state index < -0.39 is 0 Å². The zero-order valence-corrected chi connectivity index (χ0v) is 16.9. The van der Waals surface area contributed by atoms with E-state index in [1.807, 2.05) is 0 Å². The minimum absolute atomic E-state index is 0.00254. The van der Waals surface area contributed by atoms with Crippen LogP contribution in [0.4, 0.5) is 5.69 Å². The van der Waals surface area contributed by atoms with Crippen LogP contribution in [0, 0.1) is 10.8 Å². The lowest BCUT2D eigenvalue weighted by atomic mass is 9.73. The fourth-order valence-electron chi connectivity index (χ4n) is 4.09. The monoisotopic (exact) mass is 403 g/mol. The topological polar surface area (TPSA) is 107 Å². The van der Waals surface area contributed by atoms with E-state index in [4.69, 9.17) is 18.9 Å². The number of phenols is 1. The number of hydrogen-bond donors (Lipinski definition) is 2. The van der Waals surface area contributed by atoms with Crippen LogP contribution in [0.3, 0.4) is 0 Å². The number of phenolic OH excluding ortho intramolecular Hbond substituents is 1.